The van der Waals surface area contributed by atoms with Crippen molar-refractivity contribution in [2.24, 2.45) is 27.2 Å². The fourth-order valence-corrected chi connectivity index (χ4v) is 2.76. The van der Waals surface area contributed by atoms with Gasteiger partial charge >= 0.3 is 0 Å². The van der Waals surface area contributed by atoms with Crippen LogP contribution in [-0.2, 0) is 6.42 Å². The summed E-state index contributed by atoms with van der Waals surface area (Å²) >= 11 is 5.89. The van der Waals surface area contributed by atoms with Crippen molar-refractivity contribution in [2.45, 2.75) is 26.2 Å². The summed E-state index contributed by atoms with van der Waals surface area (Å²) < 4.78 is 5.56. The van der Waals surface area contributed by atoms with Crippen LogP contribution in [0.5, 0.6) is 5.75 Å². The van der Waals surface area contributed by atoms with Gasteiger partial charge in [-0.05, 0) is 43.9 Å². The molecule has 2 rings (SSSR count). The standard InChI is InChI=1S/C20H28ClN9O2/c1-12-16(21)29-15(17(22)28-12)18(31)30-20(25)27-9-3-2-4-13-5-7-14(8-6-13)32-11-10-26-19(23)24/h5-8H,2-4,9-11H2,1H3,(H2,22,28)(H4,23,24,26)(H3,25,27,30,31). The zero-order valence-corrected chi connectivity index (χ0v) is 18.6. The summed E-state index contributed by atoms with van der Waals surface area (Å²) in [5.74, 6) is 0.150. The number of carbonyl (C=O) groups is 1. The van der Waals surface area contributed by atoms with Gasteiger partial charge in [0.2, 0.25) is 0 Å². The van der Waals surface area contributed by atoms with E-state index in [-0.39, 0.29) is 28.6 Å². The Morgan fingerprint density at radius 1 is 1.09 bits per heavy atom. The predicted octanol–water partition coefficient (Wildman–Crippen LogP) is 0.740. The van der Waals surface area contributed by atoms with Crippen molar-refractivity contribution in [1.82, 2.24) is 15.3 Å². The highest BCUT2D eigenvalue weighted by molar-refractivity contribution is 6.30. The van der Waals surface area contributed by atoms with Crippen LogP contribution in [-0.4, -0.2) is 47.5 Å². The number of halogens is 1. The normalized spacial score (nSPS) is 11.1. The molecule has 0 fully saturated rings. The Kier molecular flexibility index (Phi) is 9.48. The molecule has 1 heterocycles. The summed E-state index contributed by atoms with van der Waals surface area (Å²) in [7, 11) is 0. The van der Waals surface area contributed by atoms with Crippen LogP contribution in [0.15, 0.2) is 34.3 Å². The Morgan fingerprint density at radius 2 is 1.81 bits per heavy atom. The highest BCUT2D eigenvalue weighted by Crippen LogP contribution is 2.15. The zero-order chi connectivity index (χ0) is 23.5. The first-order chi connectivity index (χ1) is 15.3. The number of nitrogens with two attached hydrogens (primary N) is 4. The number of hydrogen-bond acceptors (Lipinski definition) is 7. The molecular weight excluding hydrogens is 434 g/mol. The zero-order valence-electron chi connectivity index (χ0n) is 17.8. The number of nitrogen functional groups attached to an aromatic ring is 1. The van der Waals surface area contributed by atoms with E-state index in [4.69, 9.17) is 39.3 Å². The molecule has 11 nitrogen and oxygen atoms in total. The van der Waals surface area contributed by atoms with E-state index < -0.39 is 5.91 Å². The van der Waals surface area contributed by atoms with E-state index in [1.807, 2.05) is 24.3 Å². The summed E-state index contributed by atoms with van der Waals surface area (Å²) in [6, 6.07) is 7.82. The number of aromatic nitrogens is 2. The number of rotatable bonds is 10. The molecule has 1 aromatic heterocycles. The highest BCUT2D eigenvalue weighted by atomic mass is 35.5. The molecule has 12 heteroatoms. The number of benzene rings is 1. The first-order valence-corrected chi connectivity index (χ1v) is 10.3. The van der Waals surface area contributed by atoms with E-state index >= 15 is 0 Å². The second-order valence-electron chi connectivity index (χ2n) is 6.81. The fourth-order valence-electron chi connectivity index (χ4n) is 2.63. The van der Waals surface area contributed by atoms with Crippen LogP contribution in [0, 0.1) is 6.92 Å². The van der Waals surface area contributed by atoms with Gasteiger partial charge in [0.05, 0.1) is 12.2 Å². The van der Waals surface area contributed by atoms with E-state index in [0.717, 1.165) is 25.0 Å². The van der Waals surface area contributed by atoms with Crippen LogP contribution in [0.2, 0.25) is 5.15 Å². The van der Waals surface area contributed by atoms with Gasteiger partial charge in [0.15, 0.2) is 28.6 Å². The van der Waals surface area contributed by atoms with Gasteiger partial charge in [-0.2, -0.15) is 0 Å². The molecule has 172 valence electrons. The molecule has 1 aromatic carbocycles. The number of nitrogens with one attached hydrogen (secondary N) is 1. The Hall–Kier alpha value is -3.60. The molecule has 0 saturated heterocycles. The third-order valence-electron chi connectivity index (χ3n) is 4.23. The van der Waals surface area contributed by atoms with Gasteiger partial charge in [0, 0.05) is 6.54 Å². The van der Waals surface area contributed by atoms with Crippen molar-refractivity contribution in [3.05, 3.63) is 46.4 Å². The van der Waals surface area contributed by atoms with Crippen LogP contribution in [0.25, 0.3) is 0 Å². The minimum Gasteiger partial charge on any atom is -0.492 e. The second kappa shape index (κ2) is 12.3. The lowest BCUT2D eigenvalue weighted by Crippen LogP contribution is -2.38. The maximum Gasteiger partial charge on any atom is 0.280 e. The van der Waals surface area contributed by atoms with Crippen LogP contribution >= 0.6 is 11.6 Å². The molecule has 0 radical (unpaired) electrons. The number of anilines is 1. The fraction of sp³-hybridized carbons (Fsp3) is 0.350. The topological polar surface area (TPSA) is 193 Å². The van der Waals surface area contributed by atoms with Crippen LogP contribution in [0.4, 0.5) is 5.82 Å². The molecule has 1 amide bonds. The van der Waals surface area contributed by atoms with Crippen molar-refractivity contribution in [1.29, 1.82) is 0 Å². The number of nitrogens with zero attached hydrogens (tertiary/aromatic N) is 4. The maximum absolute atomic E-state index is 12.2. The predicted molar refractivity (Wildman–Crippen MR) is 126 cm³/mol. The molecule has 2 aromatic rings. The monoisotopic (exact) mass is 461 g/mol. The second-order valence-corrected chi connectivity index (χ2v) is 7.17. The lowest BCUT2D eigenvalue weighted by Gasteiger charge is -2.07. The molecule has 0 bridgehead atoms. The van der Waals surface area contributed by atoms with Crippen molar-refractivity contribution in [3.63, 3.8) is 0 Å². The van der Waals surface area contributed by atoms with Gasteiger partial charge < -0.3 is 27.7 Å². The van der Waals surface area contributed by atoms with E-state index in [1.54, 1.807) is 6.92 Å². The van der Waals surface area contributed by atoms with Crippen molar-refractivity contribution in [3.8, 4) is 5.75 Å². The third-order valence-corrected chi connectivity index (χ3v) is 4.59. The average Bonchev–Trinajstić information content (AvgIpc) is 2.74. The lowest BCUT2D eigenvalue weighted by molar-refractivity contribution is 0.0972. The van der Waals surface area contributed by atoms with E-state index in [1.165, 1.54) is 5.56 Å². The van der Waals surface area contributed by atoms with Gasteiger partial charge in [0.1, 0.15) is 12.4 Å². The Labute approximate surface area is 191 Å². The number of guanidine groups is 2. The molecule has 9 N–H and O–H groups in total. The number of carbonyl (C=O) groups excluding carboxylic acids is 1. The minimum absolute atomic E-state index is 0.0184. The number of aliphatic imine (C=N–C) groups is 2. The van der Waals surface area contributed by atoms with Crippen LogP contribution in [0.1, 0.15) is 34.6 Å². The molecule has 0 aliphatic rings. The largest absolute Gasteiger partial charge is 0.492 e. The highest BCUT2D eigenvalue weighted by Gasteiger charge is 2.16. The number of amides is 1. The Bertz CT molecular complexity index is 974. The third kappa shape index (κ3) is 8.26. The van der Waals surface area contributed by atoms with Gasteiger partial charge in [-0.1, -0.05) is 23.7 Å². The molecule has 0 spiro atoms. The van der Waals surface area contributed by atoms with E-state index in [9.17, 15) is 4.79 Å². The summed E-state index contributed by atoms with van der Waals surface area (Å²) in [6.45, 7) is 2.92. The Morgan fingerprint density at radius 3 is 2.50 bits per heavy atom. The number of ether oxygens (including phenoxy) is 1. The molecule has 0 saturated carbocycles. The smallest absolute Gasteiger partial charge is 0.280 e. The Balaban J connectivity index is 1.71. The quantitative estimate of drug-likeness (QED) is 0.194. The van der Waals surface area contributed by atoms with Crippen LogP contribution < -0.4 is 33.0 Å². The van der Waals surface area contributed by atoms with Crippen molar-refractivity contribution < 1.29 is 9.53 Å². The summed E-state index contributed by atoms with van der Waals surface area (Å²) in [6.07, 6.45) is 2.58. The summed E-state index contributed by atoms with van der Waals surface area (Å²) in [5.41, 5.74) is 23.5. The number of aryl methyl sites for hydroxylation is 2. The van der Waals surface area contributed by atoms with Gasteiger partial charge in [-0.3, -0.25) is 20.1 Å². The maximum atomic E-state index is 12.2. The van der Waals surface area contributed by atoms with E-state index in [2.05, 4.69) is 25.3 Å². The summed E-state index contributed by atoms with van der Waals surface area (Å²) in [5, 5.41) is 2.54. The van der Waals surface area contributed by atoms with Gasteiger partial charge in [0.25, 0.3) is 5.91 Å². The molecule has 0 aliphatic heterocycles. The molecule has 0 atom stereocenters. The molecule has 0 aliphatic carbocycles. The minimum atomic E-state index is -0.612. The molecule has 32 heavy (non-hydrogen) atoms. The number of unbranched alkanes of at least 4 members (excludes halogenated alkanes) is 1. The molecular formula is C20H28ClN9O2. The van der Waals surface area contributed by atoms with Gasteiger partial charge in [-0.25, -0.2) is 9.97 Å². The first kappa shape index (κ1) is 24.7. The van der Waals surface area contributed by atoms with Gasteiger partial charge in [-0.15, -0.1) is 0 Å². The summed E-state index contributed by atoms with van der Waals surface area (Å²) in [4.78, 5) is 28.1. The van der Waals surface area contributed by atoms with Crippen LogP contribution in [0.3, 0.4) is 0 Å². The first-order valence-electron chi connectivity index (χ1n) is 9.94. The molecule has 0 unspecified atom stereocenters. The SMILES string of the molecule is Cc1nc(N)c(C(=O)NC(N)=NCCCCc2ccc(OCCN=C(N)N)cc2)nc1Cl. The van der Waals surface area contributed by atoms with Crippen molar-refractivity contribution in [2.75, 3.05) is 25.4 Å². The number of hydrogen-bond donors (Lipinski definition) is 5. The van der Waals surface area contributed by atoms with Crippen molar-refractivity contribution >= 4 is 35.2 Å². The average molecular weight is 462 g/mol. The lowest BCUT2D eigenvalue weighted by atomic mass is 10.1. The van der Waals surface area contributed by atoms with E-state index in [0.29, 0.717) is 25.4 Å².